The normalized spacial score (nSPS) is 12.4. The van der Waals surface area contributed by atoms with Gasteiger partial charge in [-0.05, 0) is 60.2 Å². The largest absolute Gasteiger partial charge is 0.481 e. The van der Waals surface area contributed by atoms with Crippen LogP contribution in [0.25, 0.3) is 33.5 Å². The Hall–Kier alpha value is -5.49. The quantitative estimate of drug-likeness (QED) is 0.108. The van der Waals surface area contributed by atoms with Gasteiger partial charge in [0.25, 0.3) is 5.56 Å². The molecule has 0 amide bonds. The molecule has 2 aromatic heterocycles. The van der Waals surface area contributed by atoms with E-state index in [4.69, 9.17) is 23.6 Å². The molecular formula is C31H19BrN4O7. The first-order valence-corrected chi connectivity index (χ1v) is 13.8. The molecule has 0 unspecified atom stereocenters. The van der Waals surface area contributed by atoms with Gasteiger partial charge >= 0.3 is 5.69 Å². The van der Waals surface area contributed by atoms with Gasteiger partial charge < -0.3 is 18.6 Å². The Morgan fingerprint density at radius 2 is 1.88 bits per heavy atom. The molecule has 0 spiro atoms. The van der Waals surface area contributed by atoms with Crippen molar-refractivity contribution in [2.75, 3.05) is 6.79 Å². The second-order valence-corrected chi connectivity index (χ2v) is 10.5. The number of hydrogen-bond acceptors (Lipinski definition) is 9. The summed E-state index contributed by atoms with van der Waals surface area (Å²) in [7, 11) is 0. The summed E-state index contributed by atoms with van der Waals surface area (Å²) in [5, 5.41) is 17.5. The van der Waals surface area contributed by atoms with Crippen molar-refractivity contribution in [3.63, 3.8) is 0 Å². The molecular weight excluding hydrogens is 620 g/mol. The Bertz CT molecular complexity index is 2150. The average Bonchev–Trinajstić information content (AvgIpc) is 3.66. The van der Waals surface area contributed by atoms with Crippen molar-refractivity contribution in [3.05, 3.63) is 121 Å². The number of benzene rings is 4. The highest BCUT2D eigenvalue weighted by molar-refractivity contribution is 9.10. The lowest BCUT2D eigenvalue weighted by molar-refractivity contribution is -0.385. The molecule has 12 heteroatoms. The molecule has 1 aliphatic rings. The third kappa shape index (κ3) is 4.97. The van der Waals surface area contributed by atoms with Gasteiger partial charge in [-0.25, -0.2) is 4.98 Å². The highest BCUT2D eigenvalue weighted by Crippen LogP contribution is 2.35. The van der Waals surface area contributed by atoms with Crippen LogP contribution in [-0.2, 0) is 6.61 Å². The minimum absolute atomic E-state index is 0.00847. The molecule has 0 fully saturated rings. The van der Waals surface area contributed by atoms with Gasteiger partial charge in [0.2, 0.25) is 18.4 Å². The molecule has 6 aromatic rings. The van der Waals surface area contributed by atoms with Crippen molar-refractivity contribution in [1.29, 1.82) is 0 Å². The maximum absolute atomic E-state index is 13.7. The summed E-state index contributed by atoms with van der Waals surface area (Å²) in [6.07, 6.45) is 1.34. The van der Waals surface area contributed by atoms with Crippen LogP contribution in [0.2, 0.25) is 0 Å². The molecule has 0 atom stereocenters. The van der Waals surface area contributed by atoms with Crippen molar-refractivity contribution in [2.24, 2.45) is 5.10 Å². The number of ether oxygens (including phenoxy) is 3. The molecule has 212 valence electrons. The molecule has 1 aliphatic heterocycles. The Morgan fingerprint density at radius 1 is 1.02 bits per heavy atom. The van der Waals surface area contributed by atoms with Crippen molar-refractivity contribution in [1.82, 2.24) is 9.66 Å². The molecule has 0 saturated carbocycles. The van der Waals surface area contributed by atoms with E-state index in [2.05, 4.69) is 21.0 Å². The summed E-state index contributed by atoms with van der Waals surface area (Å²) in [5.41, 5.74) is 1.39. The molecule has 0 aliphatic carbocycles. The summed E-state index contributed by atoms with van der Waals surface area (Å²) in [6, 6.07) is 24.0. The Morgan fingerprint density at radius 3 is 2.77 bits per heavy atom. The zero-order chi connectivity index (χ0) is 29.5. The van der Waals surface area contributed by atoms with E-state index in [0.29, 0.717) is 33.7 Å². The predicted molar refractivity (Wildman–Crippen MR) is 162 cm³/mol. The number of para-hydroxylation sites is 2. The van der Waals surface area contributed by atoms with Gasteiger partial charge in [0, 0.05) is 21.5 Å². The van der Waals surface area contributed by atoms with Crippen LogP contribution in [-0.4, -0.2) is 27.6 Å². The fraction of sp³-hybridized carbons (Fsp3) is 0.0645. The van der Waals surface area contributed by atoms with E-state index in [0.717, 1.165) is 20.1 Å². The molecule has 43 heavy (non-hydrogen) atoms. The molecule has 0 radical (unpaired) electrons. The monoisotopic (exact) mass is 638 g/mol. The van der Waals surface area contributed by atoms with E-state index in [1.54, 1.807) is 54.6 Å². The summed E-state index contributed by atoms with van der Waals surface area (Å²) in [6.45, 7) is 0.139. The summed E-state index contributed by atoms with van der Waals surface area (Å²) < 4.78 is 24.8. The number of rotatable bonds is 7. The highest BCUT2D eigenvalue weighted by atomic mass is 79.9. The maximum atomic E-state index is 13.7. The summed E-state index contributed by atoms with van der Waals surface area (Å²) >= 11 is 3.46. The standard InChI is InChI=1S/C31H19BrN4O7/c32-21-9-11-25-20(13-21)14-28(43-25)30-34-23-6-2-1-5-22(23)31(37)35(30)33-15-19-4-3-7-24(36(38)39)29(19)40-16-18-8-10-26-27(12-18)42-17-41-26/h1-15H,16-17H2. The first kappa shape index (κ1) is 26.4. The molecule has 0 saturated heterocycles. The van der Waals surface area contributed by atoms with Crippen LogP contribution >= 0.6 is 15.9 Å². The third-order valence-electron chi connectivity index (χ3n) is 6.81. The van der Waals surface area contributed by atoms with Crippen molar-refractivity contribution >= 4 is 49.7 Å². The van der Waals surface area contributed by atoms with Crippen LogP contribution in [0.3, 0.4) is 0 Å². The smallest absolute Gasteiger partial charge is 0.311 e. The van der Waals surface area contributed by atoms with Crippen molar-refractivity contribution in [3.8, 4) is 28.8 Å². The van der Waals surface area contributed by atoms with Crippen LogP contribution < -0.4 is 19.8 Å². The lowest BCUT2D eigenvalue weighted by Crippen LogP contribution is -2.20. The van der Waals surface area contributed by atoms with E-state index in [-0.39, 0.29) is 36.2 Å². The topological polar surface area (TPSA) is 131 Å². The number of aromatic nitrogens is 2. The van der Waals surface area contributed by atoms with Gasteiger partial charge in [-0.3, -0.25) is 14.9 Å². The van der Waals surface area contributed by atoms with Gasteiger partial charge in [-0.2, -0.15) is 9.78 Å². The number of fused-ring (bicyclic) bond motifs is 3. The lowest BCUT2D eigenvalue weighted by atomic mass is 10.1. The van der Waals surface area contributed by atoms with E-state index in [9.17, 15) is 14.9 Å². The third-order valence-corrected chi connectivity index (χ3v) is 7.30. The van der Waals surface area contributed by atoms with Gasteiger partial charge in [0.1, 0.15) is 12.2 Å². The van der Waals surface area contributed by atoms with E-state index >= 15 is 0 Å². The fourth-order valence-electron chi connectivity index (χ4n) is 4.77. The van der Waals surface area contributed by atoms with Crippen LogP contribution in [0, 0.1) is 10.1 Å². The second kappa shape index (κ2) is 10.7. The lowest BCUT2D eigenvalue weighted by Gasteiger charge is -2.11. The van der Waals surface area contributed by atoms with Crippen molar-refractivity contribution < 1.29 is 23.6 Å². The zero-order valence-corrected chi connectivity index (χ0v) is 23.7. The van der Waals surface area contributed by atoms with Gasteiger partial charge in [0.15, 0.2) is 17.3 Å². The molecule has 0 N–H and O–H groups in total. The number of hydrogen-bond donors (Lipinski definition) is 0. The van der Waals surface area contributed by atoms with Gasteiger partial charge in [0.05, 0.1) is 22.0 Å². The van der Waals surface area contributed by atoms with E-state index in [1.165, 1.54) is 18.3 Å². The molecule has 4 aromatic carbocycles. The highest BCUT2D eigenvalue weighted by Gasteiger charge is 2.21. The minimum Gasteiger partial charge on any atom is -0.481 e. The maximum Gasteiger partial charge on any atom is 0.311 e. The van der Waals surface area contributed by atoms with Crippen LogP contribution in [0.15, 0.2) is 104 Å². The number of nitro groups is 1. The first-order valence-electron chi connectivity index (χ1n) is 13.0. The molecule has 0 bridgehead atoms. The fourth-order valence-corrected chi connectivity index (χ4v) is 5.14. The summed E-state index contributed by atoms with van der Waals surface area (Å²) in [4.78, 5) is 29.8. The Labute approximate surface area is 250 Å². The molecule has 7 rings (SSSR count). The second-order valence-electron chi connectivity index (χ2n) is 9.54. The zero-order valence-electron chi connectivity index (χ0n) is 22.1. The summed E-state index contributed by atoms with van der Waals surface area (Å²) in [5.74, 6) is 1.67. The minimum atomic E-state index is -0.534. The first-order chi connectivity index (χ1) is 20.9. The van der Waals surface area contributed by atoms with Crippen LogP contribution in [0.1, 0.15) is 11.1 Å². The Balaban J connectivity index is 1.32. The van der Waals surface area contributed by atoms with E-state index in [1.807, 2.05) is 18.2 Å². The number of nitrogens with zero attached hydrogens (tertiary/aromatic N) is 4. The predicted octanol–water partition coefficient (Wildman–Crippen LogP) is 6.67. The Kier molecular flexibility index (Phi) is 6.59. The van der Waals surface area contributed by atoms with E-state index < -0.39 is 10.5 Å². The molecule has 11 nitrogen and oxygen atoms in total. The van der Waals surface area contributed by atoms with Crippen molar-refractivity contribution in [2.45, 2.75) is 6.61 Å². The van der Waals surface area contributed by atoms with Crippen LogP contribution in [0.4, 0.5) is 5.69 Å². The van der Waals surface area contributed by atoms with Gasteiger partial charge in [-0.1, -0.05) is 40.2 Å². The SMILES string of the molecule is O=c1c2ccccc2nc(-c2cc3cc(Br)ccc3o2)n1N=Cc1cccc([N+](=O)[O-])c1OCc1ccc2c(c1)OCO2. The average molecular weight is 639 g/mol. The van der Waals surface area contributed by atoms with Crippen LogP contribution in [0.5, 0.6) is 17.2 Å². The number of furan rings is 1. The number of nitro benzene ring substituents is 1. The molecule has 3 heterocycles. The number of halogens is 1. The van der Waals surface area contributed by atoms with Gasteiger partial charge in [-0.15, -0.1) is 0 Å².